The van der Waals surface area contributed by atoms with Gasteiger partial charge in [-0.3, -0.25) is 0 Å². The van der Waals surface area contributed by atoms with E-state index in [-0.39, 0.29) is 12.4 Å². The number of nitrogens with zero attached hydrogens (tertiary/aromatic N) is 2. The number of benzene rings is 1. The van der Waals surface area contributed by atoms with E-state index in [1.807, 2.05) is 22.9 Å². The smallest absolute Gasteiger partial charge is 0.120 e. The van der Waals surface area contributed by atoms with E-state index in [1.54, 1.807) is 12.5 Å². The highest BCUT2D eigenvalue weighted by Gasteiger charge is 1.95. The Kier molecular flexibility index (Phi) is 6.16. The summed E-state index contributed by atoms with van der Waals surface area (Å²) in [4.78, 5) is 3.98. The Labute approximate surface area is 120 Å². The van der Waals surface area contributed by atoms with Crippen LogP contribution in [0.25, 0.3) is 0 Å². The molecule has 0 unspecified atom stereocenters. The molecular formula is C15H19ClN2O. The second-order valence-electron chi connectivity index (χ2n) is 4.29. The number of allylic oxidation sites excluding steroid dienone is 1. The zero-order valence-corrected chi connectivity index (χ0v) is 12.1. The molecule has 0 aliphatic heterocycles. The van der Waals surface area contributed by atoms with E-state index in [0.717, 1.165) is 12.3 Å². The van der Waals surface area contributed by atoms with Crippen LogP contribution in [0.1, 0.15) is 11.1 Å². The molecule has 2 rings (SSSR count). The third kappa shape index (κ3) is 4.79. The molecule has 102 valence electrons. The largest absolute Gasteiger partial charge is 0.490 e. The molecule has 0 atom stereocenters. The molecular weight excluding hydrogens is 260 g/mol. The number of aromatic nitrogens is 2. The minimum Gasteiger partial charge on any atom is -0.490 e. The van der Waals surface area contributed by atoms with Gasteiger partial charge in [-0.05, 0) is 43.2 Å². The monoisotopic (exact) mass is 278 g/mol. The van der Waals surface area contributed by atoms with Crippen LogP contribution in [0, 0.1) is 13.8 Å². The van der Waals surface area contributed by atoms with E-state index in [2.05, 4.69) is 37.0 Å². The van der Waals surface area contributed by atoms with Gasteiger partial charge in [-0.2, -0.15) is 0 Å². The summed E-state index contributed by atoms with van der Waals surface area (Å²) in [5.74, 6) is 0.922. The number of hydrogen-bond acceptors (Lipinski definition) is 2. The van der Waals surface area contributed by atoms with Gasteiger partial charge in [-0.25, -0.2) is 4.98 Å². The van der Waals surface area contributed by atoms with Crippen molar-refractivity contribution in [2.24, 2.45) is 0 Å². The number of hydrogen-bond donors (Lipinski definition) is 0. The molecule has 4 heteroatoms. The van der Waals surface area contributed by atoms with Crippen LogP contribution < -0.4 is 4.74 Å². The molecule has 0 fully saturated rings. The molecule has 19 heavy (non-hydrogen) atoms. The van der Waals surface area contributed by atoms with Crippen molar-refractivity contribution in [3.8, 4) is 5.75 Å². The van der Waals surface area contributed by atoms with E-state index in [0.29, 0.717) is 6.61 Å². The zero-order valence-electron chi connectivity index (χ0n) is 11.2. The van der Waals surface area contributed by atoms with Gasteiger partial charge in [0.25, 0.3) is 0 Å². The zero-order chi connectivity index (χ0) is 12.8. The summed E-state index contributed by atoms with van der Waals surface area (Å²) >= 11 is 0. The summed E-state index contributed by atoms with van der Waals surface area (Å²) in [5, 5.41) is 0. The molecule has 0 saturated carbocycles. The van der Waals surface area contributed by atoms with Gasteiger partial charge in [0.2, 0.25) is 0 Å². The van der Waals surface area contributed by atoms with Crippen LogP contribution in [0.3, 0.4) is 0 Å². The number of imidazole rings is 1. The molecule has 0 spiro atoms. The lowest BCUT2D eigenvalue weighted by atomic mass is 10.1. The van der Waals surface area contributed by atoms with Gasteiger partial charge in [0.1, 0.15) is 12.4 Å². The van der Waals surface area contributed by atoms with Crippen molar-refractivity contribution in [3.63, 3.8) is 0 Å². The summed E-state index contributed by atoms with van der Waals surface area (Å²) in [6.07, 6.45) is 9.61. The second-order valence-corrected chi connectivity index (χ2v) is 4.29. The van der Waals surface area contributed by atoms with E-state index < -0.39 is 0 Å². The first-order chi connectivity index (χ1) is 8.75. The number of ether oxygens (including phenoxy) is 1. The van der Waals surface area contributed by atoms with Crippen molar-refractivity contribution in [1.82, 2.24) is 9.55 Å². The van der Waals surface area contributed by atoms with E-state index in [1.165, 1.54) is 11.1 Å². The topological polar surface area (TPSA) is 27.1 Å². The highest BCUT2D eigenvalue weighted by atomic mass is 35.5. The minimum absolute atomic E-state index is 0. The Bertz CT molecular complexity index is 521. The summed E-state index contributed by atoms with van der Waals surface area (Å²) in [6, 6.07) is 6.16. The van der Waals surface area contributed by atoms with Gasteiger partial charge in [-0.15, -0.1) is 12.4 Å². The molecule has 0 amide bonds. The van der Waals surface area contributed by atoms with Crippen LogP contribution in [0.2, 0.25) is 0 Å². The third-order valence-electron chi connectivity index (χ3n) is 2.87. The predicted octanol–water partition coefficient (Wildman–Crippen LogP) is 3.56. The lowest BCUT2D eigenvalue weighted by Crippen LogP contribution is -1.96. The van der Waals surface area contributed by atoms with Crippen molar-refractivity contribution < 1.29 is 4.74 Å². The first kappa shape index (κ1) is 15.3. The molecule has 0 saturated heterocycles. The Hall–Kier alpha value is -1.74. The Morgan fingerprint density at radius 3 is 2.74 bits per heavy atom. The van der Waals surface area contributed by atoms with Gasteiger partial charge in [0, 0.05) is 18.9 Å². The van der Waals surface area contributed by atoms with Gasteiger partial charge in [0.05, 0.1) is 6.33 Å². The normalized spacial score (nSPS) is 10.4. The summed E-state index contributed by atoms with van der Waals surface area (Å²) < 4.78 is 7.66. The Morgan fingerprint density at radius 2 is 2.05 bits per heavy atom. The fourth-order valence-corrected chi connectivity index (χ4v) is 1.61. The molecule has 0 bridgehead atoms. The van der Waals surface area contributed by atoms with Gasteiger partial charge >= 0.3 is 0 Å². The van der Waals surface area contributed by atoms with Gasteiger partial charge in [-0.1, -0.05) is 12.1 Å². The summed E-state index contributed by atoms with van der Waals surface area (Å²) in [7, 11) is 0. The maximum absolute atomic E-state index is 5.65. The Morgan fingerprint density at radius 1 is 1.21 bits per heavy atom. The molecule has 0 radical (unpaired) electrons. The lowest BCUT2D eigenvalue weighted by Gasteiger charge is -2.06. The van der Waals surface area contributed by atoms with Crippen molar-refractivity contribution >= 4 is 12.4 Å². The van der Waals surface area contributed by atoms with Crippen LogP contribution in [-0.2, 0) is 6.54 Å². The van der Waals surface area contributed by atoms with Crippen LogP contribution in [-0.4, -0.2) is 16.2 Å². The van der Waals surface area contributed by atoms with Crippen LogP contribution in [0.4, 0.5) is 0 Å². The predicted molar refractivity (Wildman–Crippen MR) is 80.0 cm³/mol. The highest BCUT2D eigenvalue weighted by Crippen LogP contribution is 2.16. The first-order valence-electron chi connectivity index (χ1n) is 6.06. The molecule has 1 heterocycles. The number of aryl methyl sites for hydroxylation is 2. The average Bonchev–Trinajstić information content (AvgIpc) is 2.86. The summed E-state index contributed by atoms with van der Waals surface area (Å²) in [5.41, 5.74) is 2.55. The lowest BCUT2D eigenvalue weighted by molar-refractivity contribution is 0.362. The van der Waals surface area contributed by atoms with Crippen molar-refractivity contribution in [2.75, 3.05) is 6.61 Å². The van der Waals surface area contributed by atoms with Crippen molar-refractivity contribution in [1.29, 1.82) is 0 Å². The van der Waals surface area contributed by atoms with Crippen molar-refractivity contribution in [2.45, 2.75) is 20.4 Å². The summed E-state index contributed by atoms with van der Waals surface area (Å²) in [6.45, 7) is 5.62. The van der Waals surface area contributed by atoms with Crippen LogP contribution in [0.5, 0.6) is 5.75 Å². The SMILES string of the molecule is Cc1ccc(OCC=CCn2ccnc2)cc1C.Cl. The number of halogens is 1. The standard InChI is InChI=1S/C15H18N2O.ClH/c1-13-5-6-15(11-14(13)2)18-10-4-3-8-17-9-7-16-12-17;/h3-7,9,11-12H,8,10H2,1-2H3;1H. The maximum Gasteiger partial charge on any atom is 0.120 e. The van der Waals surface area contributed by atoms with Gasteiger partial charge < -0.3 is 9.30 Å². The Balaban J connectivity index is 0.00000180. The average molecular weight is 279 g/mol. The fourth-order valence-electron chi connectivity index (χ4n) is 1.61. The minimum atomic E-state index is 0. The molecule has 1 aromatic heterocycles. The molecule has 3 nitrogen and oxygen atoms in total. The highest BCUT2D eigenvalue weighted by molar-refractivity contribution is 5.85. The van der Waals surface area contributed by atoms with Crippen LogP contribution in [0.15, 0.2) is 49.1 Å². The second kappa shape index (κ2) is 7.64. The molecule has 0 aliphatic rings. The quantitative estimate of drug-likeness (QED) is 0.782. The molecule has 1 aromatic carbocycles. The molecule has 0 aliphatic carbocycles. The van der Waals surface area contributed by atoms with E-state index in [9.17, 15) is 0 Å². The fraction of sp³-hybridized carbons (Fsp3) is 0.267. The number of rotatable bonds is 5. The first-order valence-corrected chi connectivity index (χ1v) is 6.06. The van der Waals surface area contributed by atoms with Crippen molar-refractivity contribution in [3.05, 3.63) is 60.2 Å². The maximum atomic E-state index is 5.65. The van der Waals surface area contributed by atoms with E-state index in [4.69, 9.17) is 4.74 Å². The van der Waals surface area contributed by atoms with Gasteiger partial charge in [0.15, 0.2) is 0 Å². The molecule has 2 aromatic rings. The molecule has 0 N–H and O–H groups in total. The van der Waals surface area contributed by atoms with E-state index >= 15 is 0 Å². The third-order valence-corrected chi connectivity index (χ3v) is 2.87. The van der Waals surface area contributed by atoms with Crippen LogP contribution >= 0.6 is 12.4 Å².